The molecule has 156 valence electrons. The van der Waals surface area contributed by atoms with Crippen molar-refractivity contribution in [3.05, 3.63) is 78.6 Å². The molecule has 1 N–H and O–H groups in total. The van der Waals surface area contributed by atoms with E-state index in [0.717, 1.165) is 16.9 Å². The van der Waals surface area contributed by atoms with E-state index in [9.17, 15) is 9.59 Å². The van der Waals surface area contributed by atoms with E-state index in [1.54, 1.807) is 0 Å². The quantitative estimate of drug-likeness (QED) is 0.430. The molecule has 2 aromatic carbocycles. The average Bonchev–Trinajstić information content (AvgIpc) is 3.47. The maximum atomic E-state index is 12.0. The van der Waals surface area contributed by atoms with Crippen LogP contribution in [0.25, 0.3) is 22.8 Å². The fourth-order valence-corrected chi connectivity index (χ4v) is 2.84. The molecule has 0 atom stereocenters. The van der Waals surface area contributed by atoms with E-state index in [4.69, 9.17) is 13.6 Å². The lowest BCUT2D eigenvalue weighted by Crippen LogP contribution is -2.21. The number of carbonyl (C=O) groups is 2. The van der Waals surface area contributed by atoms with Crippen molar-refractivity contribution in [3.63, 3.8) is 0 Å². The lowest BCUT2D eigenvalue weighted by atomic mass is 10.2. The highest BCUT2D eigenvalue weighted by Crippen LogP contribution is 2.22. The van der Waals surface area contributed by atoms with Crippen molar-refractivity contribution in [2.24, 2.45) is 0 Å². The van der Waals surface area contributed by atoms with Crippen LogP contribution in [0.2, 0.25) is 0 Å². The normalized spacial score (nSPS) is 10.6. The molecule has 2 aromatic heterocycles. The number of hydrogen-bond acceptors (Lipinski definition) is 7. The smallest absolute Gasteiger partial charge is 0.322 e. The van der Waals surface area contributed by atoms with Crippen LogP contribution in [-0.4, -0.2) is 28.7 Å². The summed E-state index contributed by atoms with van der Waals surface area (Å²) < 4.78 is 16.1. The standard InChI is InChI=1S/C23H19N3O5/c27-20(24-23-26-25-22(31-23)17-9-5-2-6-10-17)15-29-21(28)14-12-18-11-13-19(30-18)16-7-3-1-4-8-16/h1-11,13H,12,14-15H2,(H,24,26,27). The summed E-state index contributed by atoms with van der Waals surface area (Å²) in [4.78, 5) is 23.9. The highest BCUT2D eigenvalue weighted by Gasteiger charge is 2.14. The van der Waals surface area contributed by atoms with Gasteiger partial charge in [0, 0.05) is 17.5 Å². The van der Waals surface area contributed by atoms with Crippen LogP contribution in [0.15, 0.2) is 81.6 Å². The molecule has 1 amide bonds. The third-order valence-electron chi connectivity index (χ3n) is 4.35. The Hall–Kier alpha value is -4.20. The Balaban J connectivity index is 1.21. The number of rotatable bonds is 8. The highest BCUT2D eigenvalue weighted by atomic mass is 16.5. The van der Waals surface area contributed by atoms with Gasteiger partial charge in [0.15, 0.2) is 6.61 Å². The van der Waals surface area contributed by atoms with Gasteiger partial charge in [-0.3, -0.25) is 14.9 Å². The van der Waals surface area contributed by atoms with E-state index in [-0.39, 0.29) is 18.3 Å². The zero-order valence-electron chi connectivity index (χ0n) is 16.5. The Morgan fingerprint density at radius 1 is 0.839 bits per heavy atom. The molecule has 0 aliphatic carbocycles. The number of amides is 1. The monoisotopic (exact) mass is 417 g/mol. The van der Waals surface area contributed by atoms with Crippen LogP contribution in [0.4, 0.5) is 6.01 Å². The summed E-state index contributed by atoms with van der Waals surface area (Å²) >= 11 is 0. The molecule has 0 spiro atoms. The van der Waals surface area contributed by atoms with Gasteiger partial charge in [-0.1, -0.05) is 53.6 Å². The molecule has 0 unspecified atom stereocenters. The molecule has 2 heterocycles. The second-order valence-corrected chi connectivity index (χ2v) is 6.62. The van der Waals surface area contributed by atoms with E-state index in [1.807, 2.05) is 72.8 Å². The molecule has 0 aliphatic heterocycles. The first kappa shape index (κ1) is 20.1. The molecule has 0 radical (unpaired) electrons. The molecule has 4 aromatic rings. The number of carbonyl (C=O) groups excluding carboxylic acids is 2. The molecular weight excluding hydrogens is 398 g/mol. The van der Waals surface area contributed by atoms with Crippen LogP contribution in [0, 0.1) is 0 Å². The number of aromatic nitrogens is 2. The van der Waals surface area contributed by atoms with Crippen LogP contribution in [0.5, 0.6) is 0 Å². The van der Waals surface area contributed by atoms with Crippen molar-refractivity contribution >= 4 is 17.9 Å². The molecule has 0 aliphatic rings. The first-order valence-corrected chi connectivity index (χ1v) is 9.66. The number of benzene rings is 2. The van der Waals surface area contributed by atoms with Gasteiger partial charge in [0.1, 0.15) is 11.5 Å². The van der Waals surface area contributed by atoms with Gasteiger partial charge >= 0.3 is 12.0 Å². The third kappa shape index (κ3) is 5.45. The second kappa shape index (κ2) is 9.53. The van der Waals surface area contributed by atoms with Crippen LogP contribution in [0.3, 0.4) is 0 Å². The molecule has 8 heteroatoms. The molecule has 0 saturated heterocycles. The maximum absolute atomic E-state index is 12.0. The molecule has 0 bridgehead atoms. The third-order valence-corrected chi connectivity index (χ3v) is 4.35. The molecular formula is C23H19N3O5. The van der Waals surface area contributed by atoms with E-state index < -0.39 is 18.5 Å². The molecule has 0 fully saturated rings. The lowest BCUT2D eigenvalue weighted by molar-refractivity contribution is -0.147. The van der Waals surface area contributed by atoms with Crippen molar-refractivity contribution < 1.29 is 23.2 Å². The maximum Gasteiger partial charge on any atom is 0.322 e. The number of ether oxygens (including phenoxy) is 1. The van der Waals surface area contributed by atoms with Crippen LogP contribution < -0.4 is 5.32 Å². The first-order valence-electron chi connectivity index (χ1n) is 9.66. The van der Waals surface area contributed by atoms with Gasteiger partial charge in [-0.05, 0) is 24.3 Å². The Morgan fingerprint density at radius 3 is 2.29 bits per heavy atom. The predicted octanol–water partition coefficient (Wildman–Crippen LogP) is 4.11. The van der Waals surface area contributed by atoms with E-state index in [1.165, 1.54) is 0 Å². The lowest BCUT2D eigenvalue weighted by Gasteiger charge is -2.03. The minimum Gasteiger partial charge on any atom is -0.461 e. The second-order valence-electron chi connectivity index (χ2n) is 6.62. The van der Waals surface area contributed by atoms with Gasteiger partial charge in [0.25, 0.3) is 5.91 Å². The van der Waals surface area contributed by atoms with Gasteiger partial charge in [0.05, 0.1) is 6.42 Å². The largest absolute Gasteiger partial charge is 0.461 e. The first-order chi connectivity index (χ1) is 15.2. The van der Waals surface area contributed by atoms with Gasteiger partial charge in [-0.25, -0.2) is 0 Å². The number of esters is 1. The SMILES string of the molecule is O=C(COC(=O)CCc1ccc(-c2ccccc2)o1)Nc1nnc(-c2ccccc2)o1. The van der Waals surface area contributed by atoms with Gasteiger partial charge in [0.2, 0.25) is 5.89 Å². The molecule has 0 saturated carbocycles. The Bertz CT molecular complexity index is 1150. The molecule has 4 rings (SSSR count). The van der Waals surface area contributed by atoms with Crippen molar-refractivity contribution in [1.29, 1.82) is 0 Å². The predicted molar refractivity (Wildman–Crippen MR) is 112 cm³/mol. The summed E-state index contributed by atoms with van der Waals surface area (Å²) in [5.74, 6) is 0.600. The Kier molecular flexibility index (Phi) is 6.18. The summed E-state index contributed by atoms with van der Waals surface area (Å²) in [5.41, 5.74) is 1.69. The van der Waals surface area contributed by atoms with Crippen molar-refractivity contribution in [2.75, 3.05) is 11.9 Å². The van der Waals surface area contributed by atoms with E-state index in [0.29, 0.717) is 12.2 Å². The van der Waals surface area contributed by atoms with E-state index >= 15 is 0 Å². The zero-order chi connectivity index (χ0) is 21.5. The highest BCUT2D eigenvalue weighted by molar-refractivity contribution is 5.91. The summed E-state index contributed by atoms with van der Waals surface area (Å²) in [7, 11) is 0. The van der Waals surface area contributed by atoms with Crippen LogP contribution in [0.1, 0.15) is 12.2 Å². The Labute approximate surface area is 177 Å². The molecule has 8 nitrogen and oxygen atoms in total. The topological polar surface area (TPSA) is 107 Å². The number of nitrogens with one attached hydrogen (secondary N) is 1. The van der Waals surface area contributed by atoms with Gasteiger partial charge in [-0.15, -0.1) is 5.10 Å². The number of aryl methyl sites for hydroxylation is 1. The number of hydrogen-bond donors (Lipinski definition) is 1. The zero-order valence-corrected chi connectivity index (χ0v) is 16.5. The fourth-order valence-electron chi connectivity index (χ4n) is 2.84. The summed E-state index contributed by atoms with van der Waals surface area (Å²) in [6.45, 7) is -0.449. The number of furan rings is 1. The van der Waals surface area contributed by atoms with Gasteiger partial charge in [-0.2, -0.15) is 0 Å². The summed E-state index contributed by atoms with van der Waals surface area (Å²) in [6, 6.07) is 22.4. The average molecular weight is 417 g/mol. The fraction of sp³-hybridized carbons (Fsp3) is 0.130. The molecule has 31 heavy (non-hydrogen) atoms. The van der Waals surface area contributed by atoms with Crippen molar-refractivity contribution in [2.45, 2.75) is 12.8 Å². The number of nitrogens with zero attached hydrogens (tertiary/aromatic N) is 2. The number of anilines is 1. The van der Waals surface area contributed by atoms with E-state index in [2.05, 4.69) is 15.5 Å². The van der Waals surface area contributed by atoms with Crippen molar-refractivity contribution in [3.8, 4) is 22.8 Å². The van der Waals surface area contributed by atoms with Crippen molar-refractivity contribution in [1.82, 2.24) is 10.2 Å². The van der Waals surface area contributed by atoms with Crippen LogP contribution >= 0.6 is 0 Å². The van der Waals surface area contributed by atoms with Gasteiger partial charge < -0.3 is 13.6 Å². The minimum absolute atomic E-state index is 0.0658. The Morgan fingerprint density at radius 2 is 1.55 bits per heavy atom. The minimum atomic E-state index is -0.569. The summed E-state index contributed by atoms with van der Waals surface area (Å²) in [6.07, 6.45) is 0.463. The summed E-state index contributed by atoms with van der Waals surface area (Å²) in [5, 5.41) is 10.0. The van der Waals surface area contributed by atoms with Crippen LogP contribution in [-0.2, 0) is 20.7 Å².